The van der Waals surface area contributed by atoms with Gasteiger partial charge in [-0.05, 0) is 55.3 Å². The maximum Gasteiger partial charge on any atom is 0.326 e. The number of hydrogen-bond donors (Lipinski definition) is 6. The normalized spacial score (nSPS) is 14.4. The second-order valence-electron chi connectivity index (χ2n) is 7.75. The van der Waals surface area contributed by atoms with E-state index in [1.54, 1.807) is 6.20 Å². The summed E-state index contributed by atoms with van der Waals surface area (Å²) in [5, 5.41) is 17.4. The Hall–Kier alpha value is -1.90. The van der Waals surface area contributed by atoms with E-state index in [2.05, 4.69) is 25.9 Å². The fourth-order valence-corrected chi connectivity index (χ4v) is 4.47. The molecule has 4 atom stereocenters. The number of rotatable bonds is 18. The number of nitrogens with two attached hydrogens (primary N) is 1. The number of nitrogens with zero attached hydrogens (tertiary/aromatic N) is 1. The number of amides is 3. The Morgan fingerprint density at radius 2 is 1.34 bits per heavy atom. The van der Waals surface area contributed by atoms with Crippen molar-refractivity contribution in [2.24, 2.45) is 5.73 Å². The maximum absolute atomic E-state index is 13.1. The van der Waals surface area contributed by atoms with Crippen molar-refractivity contribution >= 4 is 59.0 Å². The van der Waals surface area contributed by atoms with Gasteiger partial charge in [0, 0.05) is 18.3 Å². The number of H-pyrrole nitrogens is 1. The predicted octanol–water partition coefficient (Wildman–Crippen LogP) is 0.0778. The number of aromatic amines is 1. The van der Waals surface area contributed by atoms with Gasteiger partial charge in [0.2, 0.25) is 17.7 Å². The summed E-state index contributed by atoms with van der Waals surface area (Å²) >= 11 is 4.50. The van der Waals surface area contributed by atoms with Gasteiger partial charge in [-0.1, -0.05) is 0 Å². The van der Waals surface area contributed by atoms with E-state index in [1.807, 2.05) is 18.8 Å². The van der Waals surface area contributed by atoms with Crippen LogP contribution in [-0.4, -0.2) is 99.0 Å². The third-order valence-electron chi connectivity index (χ3n) is 5.04. The third-order valence-corrected chi connectivity index (χ3v) is 6.98. The number of carbonyl (C=O) groups excluding carboxylic acids is 3. The number of thioether (sulfide) groups is 3. The van der Waals surface area contributed by atoms with Crippen molar-refractivity contribution in [2.75, 3.05) is 36.0 Å². The Bertz CT molecular complexity index is 798. The molecule has 0 radical (unpaired) electrons. The van der Waals surface area contributed by atoms with Gasteiger partial charge in [-0.25, -0.2) is 9.78 Å². The molecule has 14 heteroatoms. The van der Waals surface area contributed by atoms with E-state index in [0.29, 0.717) is 35.8 Å². The van der Waals surface area contributed by atoms with Gasteiger partial charge in [0.15, 0.2) is 0 Å². The van der Waals surface area contributed by atoms with Crippen molar-refractivity contribution in [3.63, 3.8) is 0 Å². The Kier molecular flexibility index (Phi) is 15.6. The summed E-state index contributed by atoms with van der Waals surface area (Å²) in [6, 6.07) is -3.75. The zero-order valence-electron chi connectivity index (χ0n) is 20.2. The van der Waals surface area contributed by atoms with Gasteiger partial charge >= 0.3 is 5.97 Å². The first-order valence-corrected chi connectivity index (χ1v) is 15.2. The Morgan fingerprint density at radius 1 is 0.886 bits per heavy atom. The van der Waals surface area contributed by atoms with Crippen molar-refractivity contribution in [1.82, 2.24) is 25.9 Å². The van der Waals surface area contributed by atoms with Crippen LogP contribution in [0.1, 0.15) is 25.0 Å². The highest BCUT2D eigenvalue weighted by atomic mass is 32.2. The molecule has 198 valence electrons. The fourth-order valence-electron chi connectivity index (χ4n) is 3.05. The molecule has 1 heterocycles. The molecule has 0 saturated heterocycles. The van der Waals surface area contributed by atoms with Crippen LogP contribution < -0.4 is 21.7 Å². The number of carboxylic acids is 1. The van der Waals surface area contributed by atoms with E-state index >= 15 is 0 Å². The first-order chi connectivity index (χ1) is 16.7. The minimum Gasteiger partial charge on any atom is -0.480 e. The van der Waals surface area contributed by atoms with E-state index in [9.17, 15) is 24.3 Å². The van der Waals surface area contributed by atoms with Crippen molar-refractivity contribution in [3.05, 3.63) is 18.2 Å². The highest BCUT2D eigenvalue weighted by Crippen LogP contribution is 2.08. The molecule has 0 aliphatic carbocycles. The average Bonchev–Trinajstić information content (AvgIpc) is 3.34. The van der Waals surface area contributed by atoms with E-state index in [4.69, 9.17) is 5.73 Å². The van der Waals surface area contributed by atoms with Crippen LogP contribution in [0.2, 0.25) is 0 Å². The van der Waals surface area contributed by atoms with E-state index < -0.39 is 47.9 Å². The van der Waals surface area contributed by atoms with Gasteiger partial charge in [-0.2, -0.15) is 35.3 Å². The van der Waals surface area contributed by atoms with Gasteiger partial charge in [0.05, 0.1) is 12.4 Å². The lowest BCUT2D eigenvalue weighted by Gasteiger charge is -2.25. The lowest BCUT2D eigenvalue weighted by molar-refractivity contribution is -0.142. The third kappa shape index (κ3) is 12.1. The number of aromatic nitrogens is 2. The Labute approximate surface area is 218 Å². The van der Waals surface area contributed by atoms with Crippen molar-refractivity contribution in [3.8, 4) is 0 Å². The molecule has 3 amide bonds. The van der Waals surface area contributed by atoms with E-state index in [1.165, 1.54) is 41.6 Å². The quantitative estimate of drug-likeness (QED) is 0.147. The van der Waals surface area contributed by atoms with Crippen LogP contribution in [0.4, 0.5) is 0 Å². The number of imidazole rings is 1. The van der Waals surface area contributed by atoms with Gasteiger partial charge in [-0.3, -0.25) is 14.4 Å². The van der Waals surface area contributed by atoms with Crippen LogP contribution in [0.15, 0.2) is 12.5 Å². The molecule has 0 aliphatic heterocycles. The second kappa shape index (κ2) is 17.5. The molecule has 4 unspecified atom stereocenters. The monoisotopic (exact) mass is 548 g/mol. The molecular weight excluding hydrogens is 512 g/mol. The molecule has 0 spiro atoms. The summed E-state index contributed by atoms with van der Waals surface area (Å²) in [5.74, 6) is -0.942. The van der Waals surface area contributed by atoms with Crippen LogP contribution in [0, 0.1) is 0 Å². The molecule has 1 aromatic heterocycles. The summed E-state index contributed by atoms with van der Waals surface area (Å²) in [5.41, 5.74) is 6.70. The minimum atomic E-state index is -1.13. The molecule has 0 fully saturated rings. The lowest BCUT2D eigenvalue weighted by atomic mass is 10.1. The standard InChI is InChI=1S/C21H36N6O5S3/c1-33-7-4-15(25-18(28)14(22)10-13-11-23-12-24-13)19(29)26-16(5-8-34-2)20(30)27-17(21(31)32)6-9-35-3/h11-12,14-17H,4-10,22H2,1-3H3,(H,23,24)(H,25,28)(H,26,29)(H,27,30)(H,31,32). The predicted molar refractivity (Wildman–Crippen MR) is 143 cm³/mol. The molecular formula is C21H36N6O5S3. The van der Waals surface area contributed by atoms with Gasteiger partial charge < -0.3 is 31.8 Å². The first kappa shape index (κ1) is 31.1. The van der Waals surface area contributed by atoms with Crippen LogP contribution in [-0.2, 0) is 25.6 Å². The highest BCUT2D eigenvalue weighted by molar-refractivity contribution is 7.98. The molecule has 35 heavy (non-hydrogen) atoms. The zero-order valence-corrected chi connectivity index (χ0v) is 22.7. The van der Waals surface area contributed by atoms with Crippen LogP contribution in [0.5, 0.6) is 0 Å². The van der Waals surface area contributed by atoms with Crippen molar-refractivity contribution in [2.45, 2.75) is 49.9 Å². The summed E-state index contributed by atoms with van der Waals surface area (Å²) in [4.78, 5) is 57.0. The lowest BCUT2D eigenvalue weighted by Crippen LogP contribution is -2.57. The van der Waals surface area contributed by atoms with Gasteiger partial charge in [0.25, 0.3) is 0 Å². The number of hydrogen-bond acceptors (Lipinski definition) is 9. The van der Waals surface area contributed by atoms with Crippen molar-refractivity contribution < 1.29 is 24.3 Å². The molecule has 0 saturated carbocycles. The molecule has 0 bridgehead atoms. The smallest absolute Gasteiger partial charge is 0.326 e. The number of nitrogens with one attached hydrogen (secondary N) is 4. The fraction of sp³-hybridized carbons (Fsp3) is 0.667. The highest BCUT2D eigenvalue weighted by Gasteiger charge is 2.30. The molecule has 0 aromatic carbocycles. The minimum absolute atomic E-state index is 0.230. The number of aliphatic carboxylic acids is 1. The van der Waals surface area contributed by atoms with Crippen molar-refractivity contribution in [1.29, 1.82) is 0 Å². The number of carbonyl (C=O) groups is 4. The summed E-state index contributed by atoms with van der Waals surface area (Å²) in [6.07, 6.45) is 9.84. The zero-order chi connectivity index (χ0) is 26.2. The van der Waals surface area contributed by atoms with Gasteiger partial charge in [-0.15, -0.1) is 0 Å². The molecule has 1 aromatic rings. The van der Waals surface area contributed by atoms with Crippen LogP contribution in [0.25, 0.3) is 0 Å². The number of carboxylic acid groups (broad SMARTS) is 1. The SMILES string of the molecule is CSCCC(NC(=O)C(CCSC)NC(=O)C(CCSC)NC(=O)C(N)Cc1cnc[nH]1)C(=O)O. The van der Waals surface area contributed by atoms with E-state index in [-0.39, 0.29) is 12.8 Å². The maximum atomic E-state index is 13.1. The average molecular weight is 549 g/mol. The summed E-state index contributed by atoms with van der Waals surface area (Å²) < 4.78 is 0. The van der Waals surface area contributed by atoms with Crippen LogP contribution >= 0.6 is 35.3 Å². The summed E-state index contributed by atoms with van der Waals surface area (Å²) in [6.45, 7) is 0. The molecule has 1 rings (SSSR count). The molecule has 11 nitrogen and oxygen atoms in total. The first-order valence-electron chi connectivity index (χ1n) is 11.1. The van der Waals surface area contributed by atoms with Crippen LogP contribution in [0.3, 0.4) is 0 Å². The Balaban J connectivity index is 2.88. The summed E-state index contributed by atoms with van der Waals surface area (Å²) in [7, 11) is 0. The topological polar surface area (TPSA) is 179 Å². The largest absolute Gasteiger partial charge is 0.480 e. The van der Waals surface area contributed by atoms with Gasteiger partial charge in [0.1, 0.15) is 18.1 Å². The second-order valence-corrected chi connectivity index (χ2v) is 10.7. The molecule has 7 N–H and O–H groups in total. The van der Waals surface area contributed by atoms with E-state index in [0.717, 1.165) is 0 Å². The molecule has 0 aliphatic rings. The Morgan fingerprint density at radius 3 is 1.77 bits per heavy atom.